The van der Waals surface area contributed by atoms with Gasteiger partial charge in [-0.25, -0.2) is 0 Å². The van der Waals surface area contributed by atoms with Gasteiger partial charge in [0.05, 0.1) is 0 Å². The summed E-state index contributed by atoms with van der Waals surface area (Å²) >= 11 is 0. The first-order chi connectivity index (χ1) is 8.15. The molecule has 1 aliphatic heterocycles. The van der Waals surface area contributed by atoms with Crippen molar-refractivity contribution in [3.8, 4) is 0 Å². The van der Waals surface area contributed by atoms with Gasteiger partial charge in [0, 0.05) is 12.1 Å². The molecule has 3 nitrogen and oxygen atoms in total. The molecule has 1 aliphatic rings. The highest BCUT2D eigenvalue weighted by atomic mass is 15.1. The number of nitrogens with two attached hydrogens (primary N) is 1. The van der Waals surface area contributed by atoms with Gasteiger partial charge in [0.15, 0.2) is 0 Å². The van der Waals surface area contributed by atoms with Crippen molar-refractivity contribution in [3.63, 3.8) is 0 Å². The molecule has 102 valence electrons. The van der Waals surface area contributed by atoms with Crippen molar-refractivity contribution in [2.24, 2.45) is 11.7 Å². The van der Waals surface area contributed by atoms with Crippen molar-refractivity contribution < 1.29 is 0 Å². The molecule has 1 rings (SSSR count). The van der Waals surface area contributed by atoms with E-state index in [9.17, 15) is 0 Å². The van der Waals surface area contributed by atoms with Gasteiger partial charge in [-0.15, -0.1) is 0 Å². The third-order valence-corrected chi connectivity index (χ3v) is 4.48. The van der Waals surface area contributed by atoms with Crippen LogP contribution in [0.15, 0.2) is 0 Å². The summed E-state index contributed by atoms with van der Waals surface area (Å²) in [6, 6.07) is 0. The minimum atomic E-state index is 0.202. The van der Waals surface area contributed by atoms with Gasteiger partial charge >= 0.3 is 0 Å². The van der Waals surface area contributed by atoms with Crippen LogP contribution in [-0.4, -0.2) is 43.7 Å². The maximum Gasteiger partial charge on any atom is 0.0316 e. The van der Waals surface area contributed by atoms with Gasteiger partial charge in [0.2, 0.25) is 0 Å². The molecule has 3 N–H and O–H groups in total. The standard InChI is InChI=1S/C14H31N3/c1-4-13(5-2)11-16-14(12-15)7-6-9-17(3)10-8-14/h13,16H,4-12,15H2,1-3H3. The van der Waals surface area contributed by atoms with E-state index in [0.717, 1.165) is 19.0 Å². The lowest BCUT2D eigenvalue weighted by atomic mass is 9.89. The van der Waals surface area contributed by atoms with E-state index < -0.39 is 0 Å². The number of rotatable bonds is 6. The van der Waals surface area contributed by atoms with Crippen molar-refractivity contribution in [3.05, 3.63) is 0 Å². The highest BCUT2D eigenvalue weighted by molar-refractivity contribution is 4.92. The van der Waals surface area contributed by atoms with E-state index in [4.69, 9.17) is 5.73 Å². The van der Waals surface area contributed by atoms with Crippen LogP contribution in [0.3, 0.4) is 0 Å². The predicted molar refractivity (Wildman–Crippen MR) is 75.2 cm³/mol. The minimum absolute atomic E-state index is 0.202. The van der Waals surface area contributed by atoms with Crippen LogP contribution >= 0.6 is 0 Å². The topological polar surface area (TPSA) is 41.3 Å². The van der Waals surface area contributed by atoms with E-state index >= 15 is 0 Å². The molecule has 17 heavy (non-hydrogen) atoms. The minimum Gasteiger partial charge on any atom is -0.329 e. The largest absolute Gasteiger partial charge is 0.329 e. The molecule has 0 saturated carbocycles. The zero-order chi connectivity index (χ0) is 12.7. The molecule has 0 aromatic heterocycles. The fourth-order valence-corrected chi connectivity index (χ4v) is 2.72. The summed E-state index contributed by atoms with van der Waals surface area (Å²) in [4.78, 5) is 2.43. The van der Waals surface area contributed by atoms with E-state index in [-0.39, 0.29) is 5.54 Å². The average Bonchev–Trinajstić information content (AvgIpc) is 2.54. The van der Waals surface area contributed by atoms with Gasteiger partial charge in [0.25, 0.3) is 0 Å². The zero-order valence-corrected chi connectivity index (χ0v) is 12.0. The fraction of sp³-hybridized carbons (Fsp3) is 1.00. The first-order valence-electron chi connectivity index (χ1n) is 7.29. The third kappa shape index (κ3) is 4.57. The lowest BCUT2D eigenvalue weighted by Gasteiger charge is -2.34. The van der Waals surface area contributed by atoms with E-state index in [1.165, 1.54) is 45.2 Å². The van der Waals surface area contributed by atoms with E-state index in [1.807, 2.05) is 0 Å². The summed E-state index contributed by atoms with van der Waals surface area (Å²) in [5.41, 5.74) is 6.24. The summed E-state index contributed by atoms with van der Waals surface area (Å²) in [6.07, 6.45) is 6.23. The number of hydrogen-bond acceptors (Lipinski definition) is 3. The Morgan fingerprint density at radius 3 is 2.53 bits per heavy atom. The van der Waals surface area contributed by atoms with Gasteiger partial charge < -0.3 is 16.0 Å². The van der Waals surface area contributed by atoms with Crippen molar-refractivity contribution >= 4 is 0 Å². The Morgan fingerprint density at radius 1 is 1.24 bits per heavy atom. The number of likely N-dealkylation sites (tertiary alicyclic amines) is 1. The molecule has 1 fully saturated rings. The molecule has 1 saturated heterocycles. The van der Waals surface area contributed by atoms with Crippen LogP contribution in [0.2, 0.25) is 0 Å². The number of nitrogens with zero attached hydrogens (tertiary/aromatic N) is 1. The van der Waals surface area contributed by atoms with Crippen molar-refractivity contribution in [1.82, 2.24) is 10.2 Å². The molecule has 1 heterocycles. The van der Waals surface area contributed by atoms with Crippen molar-refractivity contribution in [2.75, 3.05) is 33.2 Å². The molecular formula is C14H31N3. The number of nitrogens with one attached hydrogen (secondary N) is 1. The Morgan fingerprint density at radius 2 is 1.94 bits per heavy atom. The summed E-state index contributed by atoms with van der Waals surface area (Å²) in [5, 5.41) is 3.80. The van der Waals surface area contributed by atoms with Gasteiger partial charge in [0.1, 0.15) is 0 Å². The molecule has 0 radical (unpaired) electrons. The molecule has 0 aromatic rings. The molecule has 0 aliphatic carbocycles. The summed E-state index contributed by atoms with van der Waals surface area (Å²) < 4.78 is 0. The van der Waals surface area contributed by atoms with E-state index in [1.54, 1.807) is 0 Å². The van der Waals surface area contributed by atoms with Gasteiger partial charge in [-0.1, -0.05) is 26.7 Å². The lowest BCUT2D eigenvalue weighted by Crippen LogP contribution is -2.53. The SMILES string of the molecule is CCC(CC)CNC1(CN)CCCN(C)CC1. The molecule has 1 atom stereocenters. The molecule has 0 amide bonds. The molecule has 0 bridgehead atoms. The molecule has 3 heteroatoms. The normalized spacial score (nSPS) is 27.4. The third-order valence-electron chi connectivity index (χ3n) is 4.48. The van der Waals surface area contributed by atoms with Crippen molar-refractivity contribution in [1.29, 1.82) is 0 Å². The van der Waals surface area contributed by atoms with Crippen molar-refractivity contribution in [2.45, 2.75) is 51.5 Å². The predicted octanol–water partition coefficient (Wildman–Crippen LogP) is 1.83. The Balaban J connectivity index is 2.49. The monoisotopic (exact) mass is 241 g/mol. The Kier molecular flexibility index (Phi) is 6.45. The Bertz CT molecular complexity index is 204. The Labute approximate surface area is 107 Å². The van der Waals surface area contributed by atoms with E-state index in [2.05, 4.69) is 31.1 Å². The molecule has 0 aromatic carbocycles. The molecular weight excluding hydrogens is 210 g/mol. The van der Waals surface area contributed by atoms with Crippen LogP contribution in [0.4, 0.5) is 0 Å². The maximum atomic E-state index is 6.04. The zero-order valence-electron chi connectivity index (χ0n) is 12.0. The smallest absolute Gasteiger partial charge is 0.0316 e. The first-order valence-corrected chi connectivity index (χ1v) is 7.29. The average molecular weight is 241 g/mol. The van der Waals surface area contributed by atoms with Gasteiger partial charge in [-0.2, -0.15) is 0 Å². The highest BCUT2D eigenvalue weighted by Crippen LogP contribution is 2.21. The fourth-order valence-electron chi connectivity index (χ4n) is 2.72. The second-order valence-corrected chi connectivity index (χ2v) is 5.70. The summed E-state index contributed by atoms with van der Waals surface area (Å²) in [6.45, 7) is 8.87. The highest BCUT2D eigenvalue weighted by Gasteiger charge is 2.30. The Hall–Kier alpha value is -0.120. The molecule has 0 spiro atoms. The first kappa shape index (κ1) is 14.9. The van der Waals surface area contributed by atoms with Crippen LogP contribution < -0.4 is 11.1 Å². The molecule has 1 unspecified atom stereocenters. The van der Waals surface area contributed by atoms with Crippen LogP contribution in [0, 0.1) is 5.92 Å². The van der Waals surface area contributed by atoms with Crippen LogP contribution in [0.25, 0.3) is 0 Å². The van der Waals surface area contributed by atoms with E-state index in [0.29, 0.717) is 0 Å². The second-order valence-electron chi connectivity index (χ2n) is 5.70. The van der Waals surface area contributed by atoms with Crippen LogP contribution in [-0.2, 0) is 0 Å². The quantitative estimate of drug-likeness (QED) is 0.745. The summed E-state index contributed by atoms with van der Waals surface area (Å²) in [5.74, 6) is 0.805. The maximum absolute atomic E-state index is 6.04. The van der Waals surface area contributed by atoms with Gasteiger partial charge in [-0.3, -0.25) is 0 Å². The second kappa shape index (κ2) is 7.34. The lowest BCUT2D eigenvalue weighted by molar-refractivity contribution is 0.262. The summed E-state index contributed by atoms with van der Waals surface area (Å²) in [7, 11) is 2.22. The van der Waals surface area contributed by atoms with Crippen LogP contribution in [0.1, 0.15) is 46.0 Å². The van der Waals surface area contributed by atoms with Gasteiger partial charge in [-0.05, 0) is 51.9 Å². The van der Waals surface area contributed by atoms with Crippen LogP contribution in [0.5, 0.6) is 0 Å². The number of hydrogen-bond donors (Lipinski definition) is 2.